The van der Waals surface area contributed by atoms with Crippen molar-refractivity contribution >= 4 is 32.6 Å². The van der Waals surface area contributed by atoms with Crippen LogP contribution in [0.3, 0.4) is 0 Å². The van der Waals surface area contributed by atoms with Gasteiger partial charge in [0.1, 0.15) is 22.0 Å². The van der Waals surface area contributed by atoms with Crippen molar-refractivity contribution in [3.8, 4) is 5.75 Å². The minimum atomic E-state index is -4.73. The van der Waals surface area contributed by atoms with Gasteiger partial charge in [-0.1, -0.05) is 12.1 Å². The zero-order chi connectivity index (χ0) is 24.0. The number of hydrogen-bond donors (Lipinski definition) is 1. The van der Waals surface area contributed by atoms with Crippen LogP contribution in [0.1, 0.15) is 23.9 Å². The Morgan fingerprint density at radius 3 is 2.52 bits per heavy atom. The highest BCUT2D eigenvalue weighted by atomic mass is 32.2. The number of anilines is 1. The van der Waals surface area contributed by atoms with Crippen molar-refractivity contribution in [1.29, 1.82) is 0 Å². The van der Waals surface area contributed by atoms with Crippen molar-refractivity contribution < 1.29 is 39.9 Å². The Bertz CT molecular complexity index is 1320. The number of ether oxygens (including phenoxy) is 1. The molecule has 0 saturated carbocycles. The van der Waals surface area contributed by atoms with Gasteiger partial charge in [0.05, 0.1) is 5.39 Å². The van der Waals surface area contributed by atoms with E-state index in [1.54, 1.807) is 10.8 Å². The van der Waals surface area contributed by atoms with Gasteiger partial charge in [-0.15, -0.1) is 0 Å². The SMILES string of the molecule is CC(Oc1ccccc1S(=O)(=O)NC(=O)c1cc2c(F)cc(N3CCC3)cc2o1)C(F)(F)F. The molecule has 4 rings (SSSR count). The molecule has 3 aromatic rings. The first-order chi connectivity index (χ1) is 15.5. The topological polar surface area (TPSA) is 88.8 Å². The number of alkyl halides is 3. The molecule has 1 saturated heterocycles. The number of sulfonamides is 1. The Morgan fingerprint density at radius 1 is 1.18 bits per heavy atom. The number of carbonyl (C=O) groups excluding carboxylic acids is 1. The summed E-state index contributed by atoms with van der Waals surface area (Å²) in [7, 11) is -4.65. The summed E-state index contributed by atoms with van der Waals surface area (Å²) >= 11 is 0. The number of hydrogen-bond acceptors (Lipinski definition) is 6. The van der Waals surface area contributed by atoms with Crippen molar-refractivity contribution in [3.05, 3.63) is 54.0 Å². The molecule has 1 aliphatic rings. The van der Waals surface area contributed by atoms with E-state index in [9.17, 15) is 30.8 Å². The number of halogens is 4. The number of nitrogens with one attached hydrogen (secondary N) is 1. The summed E-state index contributed by atoms with van der Waals surface area (Å²) < 4.78 is 90.3. The third-order valence-electron chi connectivity index (χ3n) is 5.15. The summed E-state index contributed by atoms with van der Waals surface area (Å²) in [6, 6.07) is 8.48. The van der Waals surface area contributed by atoms with E-state index >= 15 is 0 Å². The van der Waals surface area contributed by atoms with Gasteiger partial charge in [-0.2, -0.15) is 13.2 Å². The molecule has 1 aromatic heterocycles. The molecular weight excluding hydrogens is 468 g/mol. The monoisotopic (exact) mass is 486 g/mol. The van der Waals surface area contributed by atoms with Crippen LogP contribution in [0.4, 0.5) is 23.2 Å². The molecular formula is C21H18F4N2O5S. The number of para-hydroxylation sites is 1. The maximum Gasteiger partial charge on any atom is 0.425 e. The second-order valence-corrected chi connectivity index (χ2v) is 9.12. The standard InChI is InChI=1S/C21H18F4N2O5S/c1-12(21(23,24)25)31-16-5-2-3-6-19(16)33(29,30)26-20(28)18-11-14-15(22)9-13(10-17(14)32-18)27-7-4-8-27/h2-3,5-6,9-12H,4,7-8H2,1H3,(H,26,28). The highest BCUT2D eigenvalue weighted by molar-refractivity contribution is 7.90. The van der Waals surface area contributed by atoms with E-state index in [2.05, 4.69) is 0 Å². The lowest BCUT2D eigenvalue weighted by Gasteiger charge is -2.33. The molecule has 2 heterocycles. The van der Waals surface area contributed by atoms with Crippen molar-refractivity contribution in [2.75, 3.05) is 18.0 Å². The summed E-state index contributed by atoms with van der Waals surface area (Å²) in [5.74, 6) is -2.91. The highest BCUT2D eigenvalue weighted by Gasteiger charge is 2.39. The maximum absolute atomic E-state index is 14.5. The third kappa shape index (κ3) is 4.61. The van der Waals surface area contributed by atoms with Crippen LogP contribution in [-0.2, 0) is 10.0 Å². The lowest BCUT2D eigenvalue weighted by molar-refractivity contribution is -0.189. The number of furan rings is 1. The van der Waals surface area contributed by atoms with Crippen LogP contribution < -0.4 is 14.4 Å². The molecule has 2 aromatic carbocycles. The molecule has 1 aliphatic heterocycles. The average molecular weight is 486 g/mol. The summed E-state index contributed by atoms with van der Waals surface area (Å²) in [4.78, 5) is 13.8. The van der Waals surface area contributed by atoms with Crippen LogP contribution in [-0.4, -0.2) is 39.7 Å². The Morgan fingerprint density at radius 2 is 1.88 bits per heavy atom. The van der Waals surface area contributed by atoms with Gasteiger partial charge in [0.2, 0.25) is 0 Å². The number of rotatable bonds is 6. The van der Waals surface area contributed by atoms with E-state index in [4.69, 9.17) is 9.15 Å². The molecule has 0 bridgehead atoms. The minimum absolute atomic E-state index is 0.00967. The van der Waals surface area contributed by atoms with Crippen molar-refractivity contribution in [2.24, 2.45) is 0 Å². The molecule has 1 unspecified atom stereocenters. The summed E-state index contributed by atoms with van der Waals surface area (Å²) in [6.45, 7) is 2.23. The minimum Gasteiger partial charge on any atom is -0.480 e. The maximum atomic E-state index is 14.5. The molecule has 1 atom stereocenters. The van der Waals surface area contributed by atoms with Crippen LogP contribution in [0.15, 0.2) is 51.8 Å². The van der Waals surface area contributed by atoms with Crippen LogP contribution in [0.5, 0.6) is 5.75 Å². The van der Waals surface area contributed by atoms with Gasteiger partial charge in [-0.05, 0) is 31.5 Å². The van der Waals surface area contributed by atoms with Crippen molar-refractivity contribution in [3.63, 3.8) is 0 Å². The number of carbonyl (C=O) groups is 1. The number of fused-ring (bicyclic) bond motifs is 1. The Kier molecular flexibility index (Phi) is 5.72. The van der Waals surface area contributed by atoms with Gasteiger partial charge in [0.15, 0.2) is 11.9 Å². The van der Waals surface area contributed by atoms with Crippen LogP contribution in [0.2, 0.25) is 0 Å². The summed E-state index contributed by atoms with van der Waals surface area (Å²) in [5.41, 5.74) is 0.632. The Labute approximate surface area is 186 Å². The van der Waals surface area contributed by atoms with E-state index < -0.39 is 50.4 Å². The first kappa shape index (κ1) is 22.9. The van der Waals surface area contributed by atoms with Crippen molar-refractivity contribution in [1.82, 2.24) is 4.72 Å². The summed E-state index contributed by atoms with van der Waals surface area (Å²) in [6.07, 6.45) is -6.05. The summed E-state index contributed by atoms with van der Waals surface area (Å²) in [5, 5.41) is -0.00967. The number of nitrogens with zero attached hydrogens (tertiary/aromatic N) is 1. The Balaban J connectivity index is 1.60. The first-order valence-corrected chi connectivity index (χ1v) is 11.3. The van der Waals surface area contributed by atoms with Gasteiger partial charge in [-0.3, -0.25) is 4.79 Å². The van der Waals surface area contributed by atoms with E-state index in [1.807, 2.05) is 4.90 Å². The fourth-order valence-corrected chi connectivity index (χ4v) is 4.30. The molecule has 1 fully saturated rings. The van der Waals surface area contributed by atoms with Gasteiger partial charge in [0, 0.05) is 30.9 Å². The Hall–Kier alpha value is -3.28. The molecule has 1 amide bonds. The van der Waals surface area contributed by atoms with Crippen LogP contribution >= 0.6 is 0 Å². The zero-order valence-electron chi connectivity index (χ0n) is 17.1. The molecule has 0 spiro atoms. The van der Waals surface area contributed by atoms with Crippen molar-refractivity contribution in [2.45, 2.75) is 30.5 Å². The van der Waals surface area contributed by atoms with Gasteiger partial charge < -0.3 is 14.1 Å². The first-order valence-electron chi connectivity index (χ1n) is 9.83. The van der Waals surface area contributed by atoms with E-state index in [0.717, 1.165) is 44.6 Å². The molecule has 0 radical (unpaired) electrons. The van der Waals surface area contributed by atoms with Crippen LogP contribution in [0, 0.1) is 5.82 Å². The molecule has 12 heteroatoms. The van der Waals surface area contributed by atoms with E-state index in [1.165, 1.54) is 18.2 Å². The smallest absolute Gasteiger partial charge is 0.425 e. The number of benzene rings is 2. The number of amides is 1. The fraction of sp³-hybridized carbons (Fsp3) is 0.286. The molecule has 1 N–H and O–H groups in total. The lowest BCUT2D eigenvalue weighted by atomic mass is 10.1. The largest absolute Gasteiger partial charge is 0.480 e. The predicted octanol–water partition coefficient (Wildman–Crippen LogP) is 4.23. The van der Waals surface area contributed by atoms with Gasteiger partial charge >= 0.3 is 12.1 Å². The third-order valence-corrected chi connectivity index (χ3v) is 6.52. The molecule has 0 aliphatic carbocycles. The normalized spacial score (nSPS) is 15.2. The fourth-order valence-electron chi connectivity index (χ4n) is 3.21. The quantitative estimate of drug-likeness (QED) is 0.525. The molecule has 176 valence electrons. The van der Waals surface area contributed by atoms with E-state index in [-0.39, 0.29) is 11.0 Å². The van der Waals surface area contributed by atoms with E-state index in [0.29, 0.717) is 5.69 Å². The predicted molar refractivity (Wildman–Crippen MR) is 110 cm³/mol. The average Bonchev–Trinajstić information content (AvgIpc) is 3.11. The van der Waals surface area contributed by atoms with Crippen LogP contribution in [0.25, 0.3) is 11.0 Å². The second kappa shape index (κ2) is 8.25. The molecule has 7 nitrogen and oxygen atoms in total. The zero-order valence-corrected chi connectivity index (χ0v) is 18.0. The lowest BCUT2D eigenvalue weighted by Crippen LogP contribution is -2.36. The second-order valence-electron chi connectivity index (χ2n) is 7.47. The molecule has 33 heavy (non-hydrogen) atoms. The van der Waals surface area contributed by atoms with Gasteiger partial charge in [0.25, 0.3) is 10.0 Å². The van der Waals surface area contributed by atoms with Gasteiger partial charge in [-0.25, -0.2) is 17.5 Å². The highest BCUT2D eigenvalue weighted by Crippen LogP contribution is 2.32.